The van der Waals surface area contributed by atoms with Crippen LogP contribution in [-0.4, -0.2) is 17.7 Å². The Balaban J connectivity index is 1.79. The van der Waals surface area contributed by atoms with Gasteiger partial charge in [0.2, 0.25) is 0 Å². The monoisotopic (exact) mass is 401 g/mol. The molecule has 1 N–H and O–H groups in total. The second kappa shape index (κ2) is 5.49. The predicted octanol–water partition coefficient (Wildman–Crippen LogP) is 2.58. The second-order valence-corrected chi connectivity index (χ2v) is 7.25. The predicted molar refractivity (Wildman–Crippen MR) is 92.3 cm³/mol. The van der Waals surface area contributed by atoms with E-state index < -0.39 is 11.7 Å². The maximum absolute atomic E-state index is 12.7. The Labute approximate surface area is 152 Å². The number of nitrogens with one attached hydrogen (secondary N) is 1. The van der Waals surface area contributed by atoms with Crippen molar-refractivity contribution in [2.24, 2.45) is 0 Å². The molecular formula is C18H14BrN2O4-. The van der Waals surface area contributed by atoms with Crippen LogP contribution in [0.25, 0.3) is 0 Å². The first-order chi connectivity index (χ1) is 11.9. The number of benzene rings is 2. The number of amides is 2. The van der Waals surface area contributed by atoms with Gasteiger partial charge in [0, 0.05) is 16.5 Å². The number of carbonyl (C=O) groups excluding carboxylic acids is 2. The summed E-state index contributed by atoms with van der Waals surface area (Å²) in [6, 6.07) is 11.3. The molecule has 2 heterocycles. The number of hydrogen-bond donors (Lipinski definition) is 1. The molecule has 0 aromatic heterocycles. The van der Waals surface area contributed by atoms with Gasteiger partial charge >= 0.3 is 6.03 Å². The first-order valence-electron chi connectivity index (χ1n) is 7.78. The van der Waals surface area contributed by atoms with Crippen molar-refractivity contribution in [3.05, 3.63) is 58.1 Å². The molecule has 2 atom stereocenters. The number of rotatable bonds is 2. The zero-order chi connectivity index (χ0) is 17.8. The van der Waals surface area contributed by atoms with Gasteiger partial charge in [-0.2, -0.15) is 0 Å². The quantitative estimate of drug-likeness (QED) is 0.838. The van der Waals surface area contributed by atoms with Crippen molar-refractivity contribution in [3.63, 3.8) is 0 Å². The third-order valence-electron chi connectivity index (χ3n) is 4.57. The highest BCUT2D eigenvalue weighted by atomic mass is 79.9. The molecule has 0 unspecified atom stereocenters. The molecule has 0 spiro atoms. The number of ether oxygens (including phenoxy) is 1. The van der Waals surface area contributed by atoms with Gasteiger partial charge in [0.05, 0.1) is 17.7 Å². The van der Waals surface area contributed by atoms with E-state index in [0.29, 0.717) is 17.9 Å². The fraction of sp³-hybridized carbons (Fsp3) is 0.222. The first-order valence-corrected chi connectivity index (χ1v) is 8.57. The first kappa shape index (κ1) is 16.0. The number of anilines is 1. The molecule has 2 aromatic rings. The molecule has 128 valence electrons. The SMILES string of the molecule is C[C@@]12C[C@@H](NC(=O)N1c1cccc(C(=O)[O-])c1)c1cc(Br)ccc1O2. The van der Waals surface area contributed by atoms with Gasteiger partial charge in [0.1, 0.15) is 5.75 Å². The van der Waals surface area contributed by atoms with Gasteiger partial charge in [0.15, 0.2) is 5.72 Å². The van der Waals surface area contributed by atoms with Gasteiger partial charge in [-0.3, -0.25) is 4.90 Å². The van der Waals surface area contributed by atoms with Gasteiger partial charge in [-0.15, -0.1) is 0 Å². The van der Waals surface area contributed by atoms with Crippen LogP contribution in [0.3, 0.4) is 0 Å². The molecule has 7 heteroatoms. The van der Waals surface area contributed by atoms with Crippen LogP contribution in [0.15, 0.2) is 46.9 Å². The Morgan fingerprint density at radius 3 is 2.92 bits per heavy atom. The number of carboxylic acid groups (broad SMARTS) is 1. The maximum atomic E-state index is 12.7. The van der Waals surface area contributed by atoms with Crippen molar-refractivity contribution in [1.82, 2.24) is 5.32 Å². The summed E-state index contributed by atoms with van der Waals surface area (Å²) in [7, 11) is 0. The van der Waals surface area contributed by atoms with Crippen LogP contribution in [-0.2, 0) is 0 Å². The van der Waals surface area contributed by atoms with E-state index >= 15 is 0 Å². The van der Waals surface area contributed by atoms with Crippen molar-refractivity contribution in [1.29, 1.82) is 0 Å². The lowest BCUT2D eigenvalue weighted by Gasteiger charge is -2.50. The molecule has 0 radical (unpaired) electrons. The number of aromatic carboxylic acids is 1. The Morgan fingerprint density at radius 1 is 1.36 bits per heavy atom. The standard InChI is InChI=1S/C18H15BrN2O4/c1-18-9-14(13-8-11(19)5-6-15(13)25-18)20-17(24)21(18)12-4-2-3-10(7-12)16(22)23/h2-8,14H,9H2,1H3,(H,20,24)(H,22,23)/p-1/t14-,18-/m1/s1. The fourth-order valence-electron chi connectivity index (χ4n) is 3.51. The number of carboxylic acids is 1. The summed E-state index contributed by atoms with van der Waals surface area (Å²) in [4.78, 5) is 25.3. The molecule has 1 saturated heterocycles. The van der Waals surface area contributed by atoms with Gasteiger partial charge in [0.25, 0.3) is 0 Å². The van der Waals surface area contributed by atoms with Crippen LogP contribution >= 0.6 is 15.9 Å². The number of urea groups is 1. The van der Waals surface area contributed by atoms with E-state index in [0.717, 1.165) is 10.0 Å². The van der Waals surface area contributed by atoms with E-state index in [1.165, 1.54) is 17.0 Å². The largest absolute Gasteiger partial charge is 0.545 e. The zero-order valence-corrected chi connectivity index (χ0v) is 14.9. The van der Waals surface area contributed by atoms with Crippen molar-refractivity contribution >= 4 is 33.6 Å². The second-order valence-electron chi connectivity index (χ2n) is 6.34. The number of hydrogen-bond acceptors (Lipinski definition) is 4. The molecule has 2 amide bonds. The summed E-state index contributed by atoms with van der Waals surface area (Å²) in [6.45, 7) is 1.83. The topological polar surface area (TPSA) is 81.7 Å². The minimum Gasteiger partial charge on any atom is -0.545 e. The summed E-state index contributed by atoms with van der Waals surface area (Å²) < 4.78 is 7.08. The molecular weight excluding hydrogens is 388 g/mol. The lowest BCUT2D eigenvalue weighted by molar-refractivity contribution is -0.255. The molecule has 6 nitrogen and oxygen atoms in total. The molecule has 2 aliphatic heterocycles. The van der Waals surface area contributed by atoms with Crippen LogP contribution in [0.5, 0.6) is 5.75 Å². The third kappa shape index (κ3) is 2.55. The molecule has 4 rings (SSSR count). The lowest BCUT2D eigenvalue weighted by atomic mass is 9.90. The molecule has 0 saturated carbocycles. The molecule has 2 bridgehead atoms. The minimum atomic E-state index is -1.29. The molecule has 2 aromatic carbocycles. The Kier molecular flexibility index (Phi) is 3.50. The number of nitrogens with zero attached hydrogens (tertiary/aromatic N) is 1. The van der Waals surface area contributed by atoms with Crippen LogP contribution in [0.1, 0.15) is 35.3 Å². The minimum absolute atomic E-state index is 0.0103. The average Bonchev–Trinajstić information content (AvgIpc) is 2.55. The third-order valence-corrected chi connectivity index (χ3v) is 5.07. The summed E-state index contributed by atoms with van der Waals surface area (Å²) >= 11 is 3.44. The van der Waals surface area contributed by atoms with Crippen LogP contribution in [0, 0.1) is 0 Å². The van der Waals surface area contributed by atoms with Crippen molar-refractivity contribution in [3.8, 4) is 5.75 Å². The summed E-state index contributed by atoms with van der Waals surface area (Å²) in [5.41, 5.74) is 0.457. The number of carbonyl (C=O) groups is 2. The average molecular weight is 402 g/mol. The van der Waals surface area contributed by atoms with Gasteiger partial charge in [-0.25, -0.2) is 4.79 Å². The van der Waals surface area contributed by atoms with Gasteiger partial charge in [-0.1, -0.05) is 28.1 Å². The van der Waals surface area contributed by atoms with E-state index in [4.69, 9.17) is 4.74 Å². The van der Waals surface area contributed by atoms with E-state index in [1.54, 1.807) is 12.1 Å². The summed E-state index contributed by atoms with van der Waals surface area (Å²) in [5.74, 6) is -0.593. The zero-order valence-electron chi connectivity index (χ0n) is 13.3. The van der Waals surface area contributed by atoms with E-state index in [1.807, 2.05) is 25.1 Å². The highest BCUT2D eigenvalue weighted by Gasteiger charge is 2.49. The van der Waals surface area contributed by atoms with Gasteiger partial charge < -0.3 is 20.0 Å². The normalized spacial score (nSPS) is 24.2. The molecule has 2 aliphatic rings. The van der Waals surface area contributed by atoms with Gasteiger partial charge in [-0.05, 0) is 42.8 Å². The summed E-state index contributed by atoms with van der Waals surface area (Å²) in [5, 5.41) is 14.1. The fourth-order valence-corrected chi connectivity index (χ4v) is 3.89. The molecule has 25 heavy (non-hydrogen) atoms. The van der Waals surface area contributed by atoms with Crippen molar-refractivity contribution < 1.29 is 19.4 Å². The lowest BCUT2D eigenvalue weighted by Crippen LogP contribution is -2.65. The van der Waals surface area contributed by atoms with Crippen molar-refractivity contribution in [2.45, 2.75) is 25.1 Å². The number of halogens is 1. The number of fused-ring (bicyclic) bond motifs is 4. The highest BCUT2D eigenvalue weighted by molar-refractivity contribution is 9.10. The maximum Gasteiger partial charge on any atom is 0.325 e. The van der Waals surface area contributed by atoms with Crippen LogP contribution in [0.4, 0.5) is 10.5 Å². The van der Waals surface area contributed by atoms with Crippen molar-refractivity contribution in [2.75, 3.05) is 4.90 Å². The smallest absolute Gasteiger partial charge is 0.325 e. The Morgan fingerprint density at radius 2 is 2.16 bits per heavy atom. The Bertz CT molecular complexity index is 900. The highest BCUT2D eigenvalue weighted by Crippen LogP contribution is 2.46. The Hall–Kier alpha value is -2.54. The summed E-state index contributed by atoms with van der Waals surface area (Å²) in [6.07, 6.45) is 0.539. The van der Waals surface area contributed by atoms with Crippen LogP contribution < -0.4 is 20.1 Å². The van der Waals surface area contributed by atoms with Crippen LogP contribution in [0.2, 0.25) is 0 Å². The van der Waals surface area contributed by atoms with E-state index in [9.17, 15) is 14.7 Å². The van der Waals surface area contributed by atoms with E-state index in [-0.39, 0.29) is 17.6 Å². The van der Waals surface area contributed by atoms with E-state index in [2.05, 4.69) is 21.2 Å². The molecule has 0 aliphatic carbocycles. The molecule has 1 fully saturated rings.